The van der Waals surface area contributed by atoms with Gasteiger partial charge in [-0.2, -0.15) is 0 Å². The number of hydrogen-bond donors (Lipinski definition) is 1. The van der Waals surface area contributed by atoms with Crippen LogP contribution in [0.15, 0.2) is 53.0 Å². The van der Waals surface area contributed by atoms with E-state index in [9.17, 15) is 5.11 Å². The van der Waals surface area contributed by atoms with Gasteiger partial charge in [-0.3, -0.25) is 0 Å². The van der Waals surface area contributed by atoms with Crippen LogP contribution in [0.2, 0.25) is 0 Å². The van der Waals surface area contributed by atoms with E-state index in [-0.39, 0.29) is 0 Å². The van der Waals surface area contributed by atoms with E-state index in [4.69, 9.17) is 0 Å². The monoisotopic (exact) mass is 304 g/mol. The van der Waals surface area contributed by atoms with Crippen LogP contribution < -0.4 is 0 Å². The van der Waals surface area contributed by atoms with Crippen LogP contribution in [-0.4, -0.2) is 5.11 Å². The first-order chi connectivity index (χ1) is 8.72. The Morgan fingerprint density at radius 2 is 1.72 bits per heavy atom. The van der Waals surface area contributed by atoms with Crippen molar-refractivity contribution < 1.29 is 5.11 Å². The summed E-state index contributed by atoms with van der Waals surface area (Å²) in [4.78, 5) is 0. The van der Waals surface area contributed by atoms with Crippen LogP contribution in [0.1, 0.15) is 36.1 Å². The molecule has 0 heterocycles. The largest absolute Gasteiger partial charge is 0.384 e. The Kier molecular flexibility index (Phi) is 4.56. The summed E-state index contributed by atoms with van der Waals surface area (Å²) in [6, 6.07) is 16.0. The summed E-state index contributed by atoms with van der Waals surface area (Å²) in [6.07, 6.45) is 1.66. The van der Waals surface area contributed by atoms with Gasteiger partial charge in [-0.15, -0.1) is 0 Å². The lowest BCUT2D eigenvalue weighted by molar-refractivity contribution is 0.219. The van der Waals surface area contributed by atoms with Crippen LogP contribution >= 0.6 is 15.9 Å². The van der Waals surface area contributed by atoms with Gasteiger partial charge in [0.1, 0.15) is 6.10 Å². The molecule has 2 rings (SSSR count). The highest BCUT2D eigenvalue weighted by atomic mass is 79.9. The third kappa shape index (κ3) is 3.01. The second-order valence-corrected chi connectivity index (χ2v) is 5.27. The van der Waals surface area contributed by atoms with E-state index < -0.39 is 6.10 Å². The molecule has 0 spiro atoms. The van der Waals surface area contributed by atoms with Crippen LogP contribution in [0.4, 0.5) is 0 Å². The van der Waals surface area contributed by atoms with Gasteiger partial charge in [-0.05, 0) is 29.2 Å². The first-order valence-corrected chi connectivity index (χ1v) is 7.03. The zero-order valence-electron chi connectivity index (χ0n) is 10.4. The highest BCUT2D eigenvalue weighted by Gasteiger charge is 2.12. The highest BCUT2D eigenvalue weighted by molar-refractivity contribution is 9.10. The van der Waals surface area contributed by atoms with Crippen LogP contribution in [0, 0.1) is 0 Å². The molecule has 1 atom stereocenters. The number of hydrogen-bond acceptors (Lipinski definition) is 1. The highest BCUT2D eigenvalue weighted by Crippen LogP contribution is 2.28. The second kappa shape index (κ2) is 6.17. The van der Waals surface area contributed by atoms with Crippen molar-refractivity contribution in [1.82, 2.24) is 0 Å². The maximum atomic E-state index is 10.4. The predicted molar refractivity (Wildman–Crippen MR) is 78.6 cm³/mol. The van der Waals surface area contributed by atoms with E-state index in [1.54, 1.807) is 0 Å². The fourth-order valence-electron chi connectivity index (χ4n) is 2.03. The van der Waals surface area contributed by atoms with Gasteiger partial charge < -0.3 is 5.11 Å². The van der Waals surface area contributed by atoms with Gasteiger partial charge >= 0.3 is 0 Å². The Morgan fingerprint density at radius 3 is 2.33 bits per heavy atom. The minimum absolute atomic E-state index is 0.573. The Bertz CT molecular complexity index is 505. The van der Waals surface area contributed by atoms with Crippen molar-refractivity contribution in [1.29, 1.82) is 0 Å². The molecule has 0 aliphatic rings. The van der Waals surface area contributed by atoms with Gasteiger partial charge in [0.05, 0.1) is 0 Å². The summed E-state index contributed by atoms with van der Waals surface area (Å²) < 4.78 is 0.940. The third-order valence-corrected chi connectivity index (χ3v) is 3.76. The number of halogens is 1. The molecule has 0 unspecified atom stereocenters. The molecule has 0 aliphatic carbocycles. The third-order valence-electron chi connectivity index (χ3n) is 3.03. The maximum absolute atomic E-state index is 10.4. The average molecular weight is 305 g/mol. The minimum atomic E-state index is -0.573. The van der Waals surface area contributed by atoms with Gasteiger partial charge in [0.25, 0.3) is 0 Å². The standard InChI is InChI=1S/C16H17BrO/c1-2-5-12-8-10-13(11-9-12)16(18)14-6-3-4-7-15(14)17/h3-4,6-11,16,18H,2,5H2,1H3/t16-/m1/s1. The Balaban J connectivity index is 2.23. The van der Waals surface area contributed by atoms with Gasteiger partial charge in [-0.25, -0.2) is 0 Å². The van der Waals surface area contributed by atoms with Crippen molar-refractivity contribution in [2.24, 2.45) is 0 Å². The smallest absolute Gasteiger partial charge is 0.105 e. The van der Waals surface area contributed by atoms with Crippen molar-refractivity contribution in [3.05, 3.63) is 69.7 Å². The fraction of sp³-hybridized carbons (Fsp3) is 0.250. The van der Waals surface area contributed by atoms with Crippen LogP contribution in [0.25, 0.3) is 0 Å². The summed E-state index contributed by atoms with van der Waals surface area (Å²) >= 11 is 3.47. The predicted octanol–water partition coefficient (Wildman–Crippen LogP) is 4.48. The number of aryl methyl sites for hydroxylation is 1. The Morgan fingerprint density at radius 1 is 1.06 bits per heavy atom. The number of aliphatic hydroxyl groups excluding tert-OH is 1. The van der Waals surface area contributed by atoms with E-state index in [1.165, 1.54) is 5.56 Å². The zero-order valence-corrected chi connectivity index (χ0v) is 12.0. The van der Waals surface area contributed by atoms with Crippen LogP contribution in [-0.2, 0) is 6.42 Å². The summed E-state index contributed by atoms with van der Waals surface area (Å²) in [5.74, 6) is 0. The quantitative estimate of drug-likeness (QED) is 0.883. The van der Waals surface area contributed by atoms with Gasteiger partial charge in [0, 0.05) is 4.47 Å². The summed E-state index contributed by atoms with van der Waals surface area (Å²) in [7, 11) is 0. The first kappa shape index (κ1) is 13.3. The molecule has 0 radical (unpaired) electrons. The Hall–Kier alpha value is -1.12. The number of benzene rings is 2. The zero-order chi connectivity index (χ0) is 13.0. The van der Waals surface area contributed by atoms with Crippen molar-refractivity contribution in [3.8, 4) is 0 Å². The van der Waals surface area contributed by atoms with Crippen molar-refractivity contribution in [2.45, 2.75) is 25.9 Å². The fourth-order valence-corrected chi connectivity index (χ4v) is 2.53. The van der Waals surface area contributed by atoms with E-state index in [0.717, 1.165) is 28.4 Å². The summed E-state index contributed by atoms with van der Waals surface area (Å²) in [5.41, 5.74) is 3.16. The summed E-state index contributed by atoms with van der Waals surface area (Å²) in [5, 5.41) is 10.4. The molecule has 2 heteroatoms. The lowest BCUT2D eigenvalue weighted by Gasteiger charge is -2.13. The van der Waals surface area contributed by atoms with E-state index >= 15 is 0 Å². The second-order valence-electron chi connectivity index (χ2n) is 4.42. The topological polar surface area (TPSA) is 20.2 Å². The minimum Gasteiger partial charge on any atom is -0.384 e. The molecular weight excluding hydrogens is 288 g/mol. The average Bonchev–Trinajstić information content (AvgIpc) is 2.40. The molecule has 0 saturated carbocycles. The molecule has 1 nitrogen and oxygen atoms in total. The lowest BCUT2D eigenvalue weighted by atomic mass is 9.99. The van der Waals surface area contributed by atoms with Crippen molar-refractivity contribution >= 4 is 15.9 Å². The molecule has 0 amide bonds. The maximum Gasteiger partial charge on any atom is 0.105 e. The van der Waals surface area contributed by atoms with Crippen LogP contribution in [0.5, 0.6) is 0 Å². The molecule has 94 valence electrons. The van der Waals surface area contributed by atoms with Gasteiger partial charge in [0.15, 0.2) is 0 Å². The normalized spacial score (nSPS) is 12.4. The molecule has 0 bridgehead atoms. The van der Waals surface area contributed by atoms with E-state index in [0.29, 0.717) is 0 Å². The SMILES string of the molecule is CCCc1ccc([C@@H](O)c2ccccc2Br)cc1. The molecule has 2 aromatic rings. The lowest BCUT2D eigenvalue weighted by Crippen LogP contribution is -2.00. The van der Waals surface area contributed by atoms with E-state index in [1.807, 2.05) is 36.4 Å². The number of aliphatic hydroxyl groups is 1. The van der Waals surface area contributed by atoms with Gasteiger partial charge in [0.2, 0.25) is 0 Å². The summed E-state index contributed by atoms with van der Waals surface area (Å²) in [6.45, 7) is 2.17. The van der Waals surface area contributed by atoms with Crippen LogP contribution in [0.3, 0.4) is 0 Å². The molecule has 0 fully saturated rings. The first-order valence-electron chi connectivity index (χ1n) is 6.23. The van der Waals surface area contributed by atoms with Crippen molar-refractivity contribution in [3.63, 3.8) is 0 Å². The molecular formula is C16H17BrO. The van der Waals surface area contributed by atoms with Gasteiger partial charge in [-0.1, -0.05) is 71.7 Å². The van der Waals surface area contributed by atoms with E-state index in [2.05, 4.69) is 35.0 Å². The molecule has 0 aliphatic heterocycles. The van der Waals surface area contributed by atoms with Crippen molar-refractivity contribution in [2.75, 3.05) is 0 Å². The molecule has 0 aromatic heterocycles. The molecule has 2 aromatic carbocycles. The molecule has 18 heavy (non-hydrogen) atoms. The number of rotatable bonds is 4. The molecule has 1 N–H and O–H groups in total. The Labute approximate surface area is 117 Å². The molecule has 0 saturated heterocycles.